The van der Waals surface area contributed by atoms with Crippen LogP contribution in [0.4, 0.5) is 10.1 Å². The van der Waals surface area contributed by atoms with Crippen molar-refractivity contribution in [2.24, 2.45) is 0 Å². The lowest BCUT2D eigenvalue weighted by molar-refractivity contribution is -0.120. The predicted octanol–water partition coefficient (Wildman–Crippen LogP) is 3.23. The Bertz CT molecular complexity index is 635. The van der Waals surface area contributed by atoms with E-state index in [9.17, 15) is 9.18 Å². The summed E-state index contributed by atoms with van der Waals surface area (Å²) in [6.07, 6.45) is 0. The molecule has 0 saturated carbocycles. The molecule has 3 nitrogen and oxygen atoms in total. The summed E-state index contributed by atoms with van der Waals surface area (Å²) >= 11 is 0. The van der Waals surface area contributed by atoms with Crippen LogP contribution in [0.15, 0.2) is 48.5 Å². The van der Waals surface area contributed by atoms with E-state index in [4.69, 9.17) is 5.11 Å². The van der Waals surface area contributed by atoms with E-state index in [2.05, 4.69) is 5.32 Å². The summed E-state index contributed by atoms with van der Waals surface area (Å²) in [4.78, 5) is 12.5. The van der Waals surface area contributed by atoms with Crippen LogP contribution in [0.5, 0.6) is 0 Å². The quantitative estimate of drug-likeness (QED) is 0.907. The summed E-state index contributed by atoms with van der Waals surface area (Å²) in [6.45, 7) is 3.49. The summed E-state index contributed by atoms with van der Waals surface area (Å²) in [6, 6.07) is 12.9. The third-order valence-corrected chi connectivity index (χ3v) is 3.50. The van der Waals surface area contributed by atoms with Crippen molar-refractivity contribution in [3.05, 3.63) is 65.5 Å². The number of anilines is 1. The van der Waals surface area contributed by atoms with Crippen molar-refractivity contribution in [3.63, 3.8) is 0 Å². The number of benzene rings is 2. The van der Waals surface area contributed by atoms with Gasteiger partial charge in [0, 0.05) is 5.69 Å². The Kier molecular flexibility index (Phi) is 4.38. The molecule has 0 atom stereocenters. The Hall–Kier alpha value is -2.20. The van der Waals surface area contributed by atoms with Crippen molar-refractivity contribution in [1.82, 2.24) is 0 Å². The zero-order valence-corrected chi connectivity index (χ0v) is 12.1. The molecule has 1 amide bonds. The molecule has 0 spiro atoms. The molecule has 0 heterocycles. The highest BCUT2D eigenvalue weighted by molar-refractivity contribution is 5.98. The number of halogens is 1. The summed E-state index contributed by atoms with van der Waals surface area (Å²) in [5.41, 5.74) is 1.30. The van der Waals surface area contributed by atoms with Gasteiger partial charge >= 0.3 is 0 Å². The van der Waals surface area contributed by atoms with E-state index < -0.39 is 5.41 Å². The van der Waals surface area contributed by atoms with Crippen LogP contribution in [-0.2, 0) is 16.8 Å². The molecule has 2 rings (SSSR count). The second kappa shape index (κ2) is 6.06. The first kappa shape index (κ1) is 15.2. The second-order valence-electron chi connectivity index (χ2n) is 5.44. The van der Waals surface area contributed by atoms with Crippen molar-refractivity contribution in [3.8, 4) is 0 Å². The molecular weight excluding hydrogens is 269 g/mol. The molecule has 0 aliphatic rings. The first-order chi connectivity index (χ1) is 9.93. The second-order valence-corrected chi connectivity index (χ2v) is 5.44. The number of carbonyl (C=O) groups is 1. The minimum atomic E-state index is -0.789. The Morgan fingerprint density at radius 1 is 1.19 bits per heavy atom. The third kappa shape index (κ3) is 3.47. The monoisotopic (exact) mass is 287 g/mol. The van der Waals surface area contributed by atoms with Gasteiger partial charge in [0.05, 0.1) is 12.0 Å². The molecule has 0 saturated heterocycles. The first-order valence-electron chi connectivity index (χ1n) is 6.71. The van der Waals surface area contributed by atoms with Crippen molar-refractivity contribution in [2.45, 2.75) is 25.9 Å². The molecule has 0 unspecified atom stereocenters. The molecule has 0 radical (unpaired) electrons. The minimum absolute atomic E-state index is 0.0783. The van der Waals surface area contributed by atoms with Crippen molar-refractivity contribution < 1.29 is 14.3 Å². The van der Waals surface area contributed by atoms with Gasteiger partial charge in [0.15, 0.2) is 0 Å². The maximum Gasteiger partial charge on any atom is 0.234 e. The Morgan fingerprint density at radius 3 is 2.48 bits per heavy atom. The lowest BCUT2D eigenvalue weighted by Gasteiger charge is -2.24. The van der Waals surface area contributed by atoms with E-state index in [-0.39, 0.29) is 18.3 Å². The first-order valence-corrected chi connectivity index (χ1v) is 6.71. The van der Waals surface area contributed by atoms with Crippen LogP contribution in [0.25, 0.3) is 0 Å². The van der Waals surface area contributed by atoms with Gasteiger partial charge in [-0.3, -0.25) is 4.79 Å². The summed E-state index contributed by atoms with van der Waals surface area (Å²) in [5.74, 6) is -0.519. The van der Waals surface area contributed by atoms with Gasteiger partial charge < -0.3 is 10.4 Å². The fourth-order valence-electron chi connectivity index (χ4n) is 2.03. The van der Waals surface area contributed by atoms with Gasteiger partial charge in [0.2, 0.25) is 5.91 Å². The average Bonchev–Trinajstić information content (AvgIpc) is 2.48. The highest BCUT2D eigenvalue weighted by Crippen LogP contribution is 2.25. The number of nitrogens with one attached hydrogen (secondary N) is 1. The third-order valence-electron chi connectivity index (χ3n) is 3.50. The largest absolute Gasteiger partial charge is 0.392 e. The maximum absolute atomic E-state index is 13.0. The van der Waals surface area contributed by atoms with Crippen LogP contribution in [0, 0.1) is 5.82 Å². The lowest BCUT2D eigenvalue weighted by Crippen LogP contribution is -2.34. The van der Waals surface area contributed by atoms with Crippen LogP contribution in [-0.4, -0.2) is 11.0 Å². The van der Waals surface area contributed by atoms with Crippen molar-refractivity contribution >= 4 is 11.6 Å². The van der Waals surface area contributed by atoms with Gasteiger partial charge in [-0.05, 0) is 49.2 Å². The zero-order valence-electron chi connectivity index (χ0n) is 12.1. The van der Waals surface area contributed by atoms with Gasteiger partial charge in [0.25, 0.3) is 0 Å². The topological polar surface area (TPSA) is 49.3 Å². The number of amides is 1. The van der Waals surface area contributed by atoms with Gasteiger partial charge in [-0.15, -0.1) is 0 Å². The Balaban J connectivity index is 2.19. The number of aliphatic hydroxyl groups excluding tert-OH is 1. The number of hydrogen-bond acceptors (Lipinski definition) is 2. The molecule has 0 aliphatic heterocycles. The Morgan fingerprint density at radius 2 is 1.86 bits per heavy atom. The van der Waals surface area contributed by atoms with Crippen LogP contribution in [0.1, 0.15) is 25.0 Å². The molecule has 0 aliphatic carbocycles. The molecule has 2 aromatic rings. The normalized spacial score (nSPS) is 11.2. The summed E-state index contributed by atoms with van der Waals surface area (Å²) in [7, 11) is 0. The SMILES string of the molecule is CC(C)(C(=O)Nc1cccc(CO)c1)c1ccc(F)cc1. The molecular formula is C17H18FNO2. The molecule has 2 aromatic carbocycles. The van der Waals surface area contributed by atoms with Crippen LogP contribution >= 0.6 is 0 Å². The van der Waals surface area contributed by atoms with Crippen molar-refractivity contribution in [2.75, 3.05) is 5.32 Å². The summed E-state index contributed by atoms with van der Waals surface area (Å²) < 4.78 is 13.0. The standard InChI is InChI=1S/C17H18FNO2/c1-17(2,13-6-8-14(18)9-7-13)16(21)19-15-5-3-4-12(10-15)11-20/h3-10,20H,11H2,1-2H3,(H,19,21). The number of carbonyl (C=O) groups excluding carboxylic acids is 1. The highest BCUT2D eigenvalue weighted by Gasteiger charge is 2.29. The van der Waals surface area contributed by atoms with E-state index >= 15 is 0 Å². The molecule has 0 aromatic heterocycles. The van der Waals surface area contributed by atoms with E-state index in [1.165, 1.54) is 12.1 Å². The fourth-order valence-corrected chi connectivity index (χ4v) is 2.03. The van der Waals surface area contributed by atoms with Crippen LogP contribution in [0.2, 0.25) is 0 Å². The smallest absolute Gasteiger partial charge is 0.234 e. The molecule has 4 heteroatoms. The van der Waals surface area contributed by atoms with Gasteiger partial charge in [0.1, 0.15) is 5.82 Å². The summed E-state index contributed by atoms with van der Waals surface area (Å²) in [5, 5.41) is 11.9. The predicted molar refractivity (Wildman–Crippen MR) is 80.4 cm³/mol. The lowest BCUT2D eigenvalue weighted by atomic mass is 9.83. The van der Waals surface area contributed by atoms with Gasteiger partial charge in [-0.1, -0.05) is 24.3 Å². The number of hydrogen-bond donors (Lipinski definition) is 2. The van der Waals surface area contributed by atoms with Crippen LogP contribution in [0.3, 0.4) is 0 Å². The molecule has 21 heavy (non-hydrogen) atoms. The molecule has 2 N–H and O–H groups in total. The van der Waals surface area contributed by atoms with Gasteiger partial charge in [-0.2, -0.15) is 0 Å². The van der Waals surface area contributed by atoms with E-state index in [1.54, 1.807) is 50.2 Å². The Labute approximate surface area is 123 Å². The zero-order chi connectivity index (χ0) is 15.5. The van der Waals surface area contributed by atoms with Crippen LogP contribution < -0.4 is 5.32 Å². The van der Waals surface area contributed by atoms with E-state index in [0.29, 0.717) is 5.69 Å². The van der Waals surface area contributed by atoms with E-state index in [1.807, 2.05) is 0 Å². The molecule has 110 valence electrons. The number of aliphatic hydroxyl groups is 1. The van der Waals surface area contributed by atoms with Gasteiger partial charge in [-0.25, -0.2) is 4.39 Å². The van der Waals surface area contributed by atoms with Crippen molar-refractivity contribution in [1.29, 1.82) is 0 Å². The fraction of sp³-hybridized carbons (Fsp3) is 0.235. The minimum Gasteiger partial charge on any atom is -0.392 e. The molecule has 0 fully saturated rings. The maximum atomic E-state index is 13.0. The van der Waals surface area contributed by atoms with E-state index in [0.717, 1.165) is 11.1 Å². The molecule has 0 bridgehead atoms. The highest BCUT2D eigenvalue weighted by atomic mass is 19.1. The number of rotatable bonds is 4. The average molecular weight is 287 g/mol.